The standard InChI is InChI=1S/C15H11ClN6S/c1-22-3-2-10(21-22)15-13(18-6-12(17)20-15)8-4-9(16)14-11(5-8)23-7-19-14/h2-7H,1H3,(H2,17,20). The van der Waals surface area contributed by atoms with Gasteiger partial charge in [0.15, 0.2) is 0 Å². The molecule has 23 heavy (non-hydrogen) atoms. The van der Waals surface area contributed by atoms with Gasteiger partial charge < -0.3 is 5.73 Å². The van der Waals surface area contributed by atoms with E-state index in [4.69, 9.17) is 17.3 Å². The molecular formula is C15H11ClN6S. The molecule has 4 aromatic rings. The molecule has 1 aromatic carbocycles. The average Bonchev–Trinajstić information content (AvgIpc) is 3.16. The lowest BCUT2D eigenvalue weighted by molar-refractivity contribution is 0.770. The molecule has 2 N–H and O–H groups in total. The Morgan fingerprint density at radius 2 is 2.09 bits per heavy atom. The molecule has 3 aromatic heterocycles. The summed E-state index contributed by atoms with van der Waals surface area (Å²) in [6, 6.07) is 5.72. The number of nitrogen functional groups attached to an aromatic ring is 1. The summed E-state index contributed by atoms with van der Waals surface area (Å²) >= 11 is 7.87. The maximum absolute atomic E-state index is 6.34. The second-order valence-corrected chi connectivity index (χ2v) is 6.32. The minimum Gasteiger partial charge on any atom is -0.382 e. The van der Waals surface area contributed by atoms with Gasteiger partial charge in [0.05, 0.1) is 32.6 Å². The van der Waals surface area contributed by atoms with Crippen molar-refractivity contribution in [3.05, 3.63) is 41.1 Å². The van der Waals surface area contributed by atoms with Crippen LogP contribution in [0.2, 0.25) is 5.02 Å². The van der Waals surface area contributed by atoms with Gasteiger partial charge in [-0.05, 0) is 18.2 Å². The number of thiazole rings is 1. The molecule has 0 aliphatic carbocycles. The third-order valence-electron chi connectivity index (χ3n) is 3.41. The molecule has 8 heteroatoms. The molecule has 0 unspecified atom stereocenters. The van der Waals surface area contributed by atoms with E-state index in [1.54, 1.807) is 10.2 Å². The van der Waals surface area contributed by atoms with Crippen molar-refractivity contribution in [3.8, 4) is 22.6 Å². The second-order valence-electron chi connectivity index (χ2n) is 5.02. The average molecular weight is 343 g/mol. The van der Waals surface area contributed by atoms with Crippen molar-refractivity contribution in [2.45, 2.75) is 0 Å². The first-order valence-electron chi connectivity index (χ1n) is 6.77. The fourth-order valence-corrected chi connectivity index (χ4v) is 3.46. The minimum absolute atomic E-state index is 0.347. The van der Waals surface area contributed by atoms with E-state index in [-0.39, 0.29) is 0 Å². The molecule has 0 aliphatic heterocycles. The molecule has 114 valence electrons. The first kappa shape index (κ1) is 14.1. The summed E-state index contributed by atoms with van der Waals surface area (Å²) in [5.74, 6) is 0.347. The zero-order chi connectivity index (χ0) is 16.0. The molecule has 4 rings (SSSR count). The summed E-state index contributed by atoms with van der Waals surface area (Å²) in [4.78, 5) is 13.1. The van der Waals surface area contributed by atoms with Crippen LogP contribution in [0.1, 0.15) is 0 Å². The summed E-state index contributed by atoms with van der Waals surface area (Å²) in [6.45, 7) is 0. The van der Waals surface area contributed by atoms with Gasteiger partial charge in [0, 0.05) is 18.8 Å². The molecule has 0 radical (unpaired) electrons. The Labute approximate surface area is 140 Å². The Morgan fingerprint density at radius 3 is 2.87 bits per heavy atom. The fraction of sp³-hybridized carbons (Fsp3) is 0.0667. The predicted octanol–water partition coefficient (Wildman–Crippen LogP) is 3.39. The number of aromatic nitrogens is 5. The first-order valence-corrected chi connectivity index (χ1v) is 8.03. The van der Waals surface area contributed by atoms with Gasteiger partial charge in [0.2, 0.25) is 0 Å². The fourth-order valence-electron chi connectivity index (χ4n) is 2.40. The highest BCUT2D eigenvalue weighted by Crippen LogP contribution is 2.34. The molecule has 0 aliphatic rings. The van der Waals surface area contributed by atoms with E-state index in [9.17, 15) is 0 Å². The third kappa shape index (κ3) is 2.43. The number of fused-ring (bicyclic) bond motifs is 1. The number of anilines is 1. The van der Waals surface area contributed by atoms with Crippen LogP contribution in [-0.4, -0.2) is 24.7 Å². The van der Waals surface area contributed by atoms with Crippen LogP contribution < -0.4 is 5.73 Å². The topological polar surface area (TPSA) is 82.5 Å². The predicted molar refractivity (Wildman–Crippen MR) is 92.3 cm³/mol. The Kier molecular flexibility index (Phi) is 3.24. The molecule has 0 spiro atoms. The zero-order valence-corrected chi connectivity index (χ0v) is 13.6. The zero-order valence-electron chi connectivity index (χ0n) is 12.1. The van der Waals surface area contributed by atoms with Crippen LogP contribution >= 0.6 is 22.9 Å². The van der Waals surface area contributed by atoms with Gasteiger partial charge in [-0.2, -0.15) is 5.10 Å². The van der Waals surface area contributed by atoms with Crippen LogP contribution in [0.4, 0.5) is 5.82 Å². The Hall–Kier alpha value is -2.51. The van der Waals surface area contributed by atoms with Crippen molar-refractivity contribution < 1.29 is 0 Å². The molecule has 0 bridgehead atoms. The monoisotopic (exact) mass is 342 g/mol. The molecule has 0 saturated heterocycles. The van der Waals surface area contributed by atoms with E-state index in [1.807, 2.05) is 31.4 Å². The van der Waals surface area contributed by atoms with Crippen LogP contribution in [0.25, 0.3) is 32.9 Å². The number of nitrogens with zero attached hydrogens (tertiary/aromatic N) is 5. The highest BCUT2D eigenvalue weighted by molar-refractivity contribution is 7.16. The lowest BCUT2D eigenvalue weighted by Gasteiger charge is -2.08. The molecular weight excluding hydrogens is 332 g/mol. The van der Waals surface area contributed by atoms with Gasteiger partial charge in [-0.3, -0.25) is 9.67 Å². The van der Waals surface area contributed by atoms with Gasteiger partial charge >= 0.3 is 0 Å². The van der Waals surface area contributed by atoms with Crippen LogP contribution in [-0.2, 0) is 7.05 Å². The van der Waals surface area contributed by atoms with E-state index in [0.29, 0.717) is 27.9 Å². The highest BCUT2D eigenvalue weighted by Gasteiger charge is 2.16. The Balaban J connectivity index is 1.97. The molecule has 0 saturated carbocycles. The summed E-state index contributed by atoms with van der Waals surface area (Å²) < 4.78 is 2.71. The Bertz CT molecular complexity index is 1020. The minimum atomic E-state index is 0.347. The van der Waals surface area contributed by atoms with Crippen molar-refractivity contribution in [1.82, 2.24) is 24.7 Å². The SMILES string of the molecule is Cn1ccc(-c2nc(N)cnc2-c2cc(Cl)c3ncsc3c2)n1. The molecule has 3 heterocycles. The van der Waals surface area contributed by atoms with Crippen LogP contribution in [0, 0.1) is 0 Å². The lowest BCUT2D eigenvalue weighted by atomic mass is 10.1. The van der Waals surface area contributed by atoms with Crippen molar-refractivity contribution >= 4 is 39.0 Å². The van der Waals surface area contributed by atoms with Gasteiger partial charge in [0.25, 0.3) is 0 Å². The maximum atomic E-state index is 6.34. The molecule has 0 fully saturated rings. The summed E-state index contributed by atoms with van der Waals surface area (Å²) in [7, 11) is 1.85. The van der Waals surface area contributed by atoms with E-state index in [2.05, 4.69) is 20.1 Å². The molecule has 0 atom stereocenters. The van der Waals surface area contributed by atoms with Gasteiger partial charge in [-0.1, -0.05) is 11.6 Å². The van der Waals surface area contributed by atoms with Crippen molar-refractivity contribution in [2.75, 3.05) is 5.73 Å². The van der Waals surface area contributed by atoms with Gasteiger partial charge in [-0.25, -0.2) is 9.97 Å². The van der Waals surface area contributed by atoms with Gasteiger partial charge in [-0.15, -0.1) is 11.3 Å². The summed E-state index contributed by atoms with van der Waals surface area (Å²) in [5.41, 5.74) is 11.3. The van der Waals surface area contributed by atoms with E-state index in [1.165, 1.54) is 17.5 Å². The number of hydrogen-bond donors (Lipinski definition) is 1. The number of rotatable bonds is 2. The highest BCUT2D eigenvalue weighted by atomic mass is 35.5. The van der Waals surface area contributed by atoms with E-state index < -0.39 is 0 Å². The van der Waals surface area contributed by atoms with Gasteiger partial charge in [0.1, 0.15) is 17.2 Å². The van der Waals surface area contributed by atoms with Crippen molar-refractivity contribution in [3.63, 3.8) is 0 Å². The van der Waals surface area contributed by atoms with Crippen LogP contribution in [0.15, 0.2) is 36.1 Å². The largest absolute Gasteiger partial charge is 0.382 e. The van der Waals surface area contributed by atoms with E-state index in [0.717, 1.165) is 15.8 Å². The normalized spacial score (nSPS) is 11.2. The van der Waals surface area contributed by atoms with Crippen molar-refractivity contribution in [1.29, 1.82) is 0 Å². The van der Waals surface area contributed by atoms with Crippen LogP contribution in [0.3, 0.4) is 0 Å². The van der Waals surface area contributed by atoms with E-state index >= 15 is 0 Å². The molecule has 0 amide bonds. The van der Waals surface area contributed by atoms with Crippen molar-refractivity contribution in [2.24, 2.45) is 7.05 Å². The Morgan fingerprint density at radius 1 is 1.22 bits per heavy atom. The first-order chi connectivity index (χ1) is 11.1. The number of hydrogen-bond acceptors (Lipinski definition) is 6. The number of aryl methyl sites for hydroxylation is 1. The maximum Gasteiger partial charge on any atom is 0.142 e. The molecule has 6 nitrogen and oxygen atoms in total. The second kappa shape index (κ2) is 5.29. The summed E-state index contributed by atoms with van der Waals surface area (Å²) in [5, 5.41) is 4.99. The third-order valence-corrected chi connectivity index (χ3v) is 4.47. The summed E-state index contributed by atoms with van der Waals surface area (Å²) in [6.07, 6.45) is 3.38. The smallest absolute Gasteiger partial charge is 0.142 e. The number of benzene rings is 1. The number of halogens is 1. The van der Waals surface area contributed by atoms with Crippen LogP contribution in [0.5, 0.6) is 0 Å². The number of nitrogens with two attached hydrogens (primary N) is 1. The lowest BCUT2D eigenvalue weighted by Crippen LogP contribution is -1.99. The quantitative estimate of drug-likeness (QED) is 0.603.